The summed E-state index contributed by atoms with van der Waals surface area (Å²) in [6.07, 6.45) is 0.661. The molecule has 2 aliphatic rings. The van der Waals surface area contributed by atoms with E-state index in [4.69, 9.17) is 0 Å². The average Bonchev–Trinajstić information content (AvgIpc) is 3.23. The second-order valence-corrected chi connectivity index (χ2v) is 10.6. The zero-order valence-electron chi connectivity index (χ0n) is 14.5. The van der Waals surface area contributed by atoms with Crippen molar-refractivity contribution >= 4 is 39.0 Å². The molecule has 0 aromatic carbocycles. The summed E-state index contributed by atoms with van der Waals surface area (Å²) in [6.45, 7) is 6.35. The highest BCUT2D eigenvalue weighted by atomic mass is 32.2. The summed E-state index contributed by atoms with van der Waals surface area (Å²) in [5.41, 5.74) is 0. The van der Waals surface area contributed by atoms with Gasteiger partial charge in [-0.3, -0.25) is 4.79 Å². The SMILES string of the molecule is CCCS(=O)(=O)N1CC[NH+](CCN2C(=O)CS[C@H]2c2cccs2)CC1. The van der Waals surface area contributed by atoms with E-state index in [1.165, 1.54) is 9.78 Å². The number of rotatable bonds is 7. The molecule has 1 atom stereocenters. The van der Waals surface area contributed by atoms with Crippen LogP contribution in [-0.4, -0.2) is 74.3 Å². The van der Waals surface area contributed by atoms with Crippen LogP contribution in [0.3, 0.4) is 0 Å². The Kier molecular flexibility index (Phi) is 6.43. The second kappa shape index (κ2) is 8.39. The van der Waals surface area contributed by atoms with E-state index < -0.39 is 10.0 Å². The molecule has 2 saturated heterocycles. The first kappa shape index (κ1) is 19.2. The number of carbonyl (C=O) groups is 1. The lowest BCUT2D eigenvalue weighted by Gasteiger charge is -2.33. The zero-order chi connectivity index (χ0) is 17.9. The molecule has 6 nitrogen and oxygen atoms in total. The highest BCUT2D eigenvalue weighted by Crippen LogP contribution is 2.40. The van der Waals surface area contributed by atoms with Gasteiger partial charge in [0.15, 0.2) is 0 Å². The number of carbonyl (C=O) groups excluding carboxylic acids is 1. The van der Waals surface area contributed by atoms with Crippen LogP contribution in [0, 0.1) is 0 Å². The van der Waals surface area contributed by atoms with Crippen molar-refractivity contribution in [3.8, 4) is 0 Å². The summed E-state index contributed by atoms with van der Waals surface area (Å²) in [5, 5.41) is 2.20. The quantitative estimate of drug-likeness (QED) is 0.708. The fraction of sp³-hybridized carbons (Fsp3) is 0.688. The molecule has 1 aromatic heterocycles. The van der Waals surface area contributed by atoms with Gasteiger partial charge < -0.3 is 9.80 Å². The van der Waals surface area contributed by atoms with Gasteiger partial charge in [-0.1, -0.05) is 13.0 Å². The van der Waals surface area contributed by atoms with Gasteiger partial charge in [0.25, 0.3) is 0 Å². The van der Waals surface area contributed by atoms with E-state index >= 15 is 0 Å². The third kappa shape index (κ3) is 4.57. The van der Waals surface area contributed by atoms with Crippen LogP contribution < -0.4 is 4.90 Å². The zero-order valence-corrected chi connectivity index (χ0v) is 17.0. The van der Waals surface area contributed by atoms with Crippen molar-refractivity contribution in [3.05, 3.63) is 22.4 Å². The maximum Gasteiger partial charge on any atom is 0.234 e. The molecule has 0 saturated carbocycles. The molecule has 9 heteroatoms. The molecule has 25 heavy (non-hydrogen) atoms. The maximum absolute atomic E-state index is 12.2. The van der Waals surface area contributed by atoms with Crippen molar-refractivity contribution in [1.82, 2.24) is 9.21 Å². The Balaban J connectivity index is 1.50. The predicted molar refractivity (Wildman–Crippen MR) is 102 cm³/mol. The number of piperazine rings is 1. The minimum absolute atomic E-state index is 0.151. The number of thioether (sulfide) groups is 1. The molecule has 1 amide bonds. The van der Waals surface area contributed by atoms with Crippen molar-refractivity contribution in [1.29, 1.82) is 0 Å². The van der Waals surface area contributed by atoms with E-state index in [-0.39, 0.29) is 17.0 Å². The summed E-state index contributed by atoms with van der Waals surface area (Å²) in [7, 11) is -3.08. The van der Waals surface area contributed by atoms with Crippen molar-refractivity contribution in [2.24, 2.45) is 0 Å². The molecule has 2 aliphatic heterocycles. The van der Waals surface area contributed by atoms with Crippen molar-refractivity contribution < 1.29 is 18.1 Å². The Morgan fingerprint density at radius 1 is 1.32 bits per heavy atom. The second-order valence-electron chi connectivity index (χ2n) is 6.48. The lowest BCUT2D eigenvalue weighted by Crippen LogP contribution is -3.15. The fourth-order valence-electron chi connectivity index (χ4n) is 3.36. The molecule has 0 radical (unpaired) electrons. The molecule has 2 fully saturated rings. The van der Waals surface area contributed by atoms with Gasteiger partial charge in [-0.2, -0.15) is 4.31 Å². The van der Waals surface area contributed by atoms with Gasteiger partial charge in [0.2, 0.25) is 15.9 Å². The summed E-state index contributed by atoms with van der Waals surface area (Å²) < 4.78 is 25.9. The molecular weight excluding hydrogens is 378 g/mol. The van der Waals surface area contributed by atoms with Crippen molar-refractivity contribution in [3.63, 3.8) is 0 Å². The summed E-state index contributed by atoms with van der Waals surface area (Å²) in [6, 6.07) is 4.13. The molecular formula is C16H26N3O3S3+. The van der Waals surface area contributed by atoms with Crippen LogP contribution >= 0.6 is 23.1 Å². The molecule has 3 rings (SSSR count). The van der Waals surface area contributed by atoms with Gasteiger partial charge in [-0.05, 0) is 17.9 Å². The molecule has 1 N–H and O–H groups in total. The van der Waals surface area contributed by atoms with E-state index in [0.29, 0.717) is 25.3 Å². The van der Waals surface area contributed by atoms with Crippen LogP contribution in [0.25, 0.3) is 0 Å². The lowest BCUT2D eigenvalue weighted by molar-refractivity contribution is -0.903. The van der Waals surface area contributed by atoms with Gasteiger partial charge in [-0.15, -0.1) is 23.1 Å². The molecule has 0 bridgehead atoms. The molecule has 0 spiro atoms. The van der Waals surface area contributed by atoms with Crippen molar-refractivity contribution in [2.75, 3.05) is 50.8 Å². The van der Waals surface area contributed by atoms with Gasteiger partial charge in [0.05, 0.1) is 50.8 Å². The number of amides is 1. The third-order valence-corrected chi connectivity index (χ3v) is 9.13. The van der Waals surface area contributed by atoms with E-state index in [1.807, 2.05) is 17.9 Å². The molecule has 140 valence electrons. The Hall–Kier alpha value is -0.610. The Morgan fingerprint density at radius 3 is 2.72 bits per heavy atom. The minimum Gasteiger partial charge on any atom is -0.331 e. The van der Waals surface area contributed by atoms with Crippen molar-refractivity contribution in [2.45, 2.75) is 18.7 Å². The maximum atomic E-state index is 12.2. The number of hydrogen-bond donors (Lipinski definition) is 1. The van der Waals surface area contributed by atoms with Crippen LogP contribution in [0.5, 0.6) is 0 Å². The summed E-state index contributed by atoms with van der Waals surface area (Å²) >= 11 is 3.40. The first-order chi connectivity index (χ1) is 12.0. The number of sulfonamides is 1. The van der Waals surface area contributed by atoms with Crippen LogP contribution in [0.2, 0.25) is 0 Å². The van der Waals surface area contributed by atoms with Gasteiger partial charge in [0.1, 0.15) is 5.37 Å². The van der Waals surface area contributed by atoms with Crippen LogP contribution in [0.15, 0.2) is 17.5 Å². The highest BCUT2D eigenvalue weighted by molar-refractivity contribution is 8.00. The Labute approximate surface area is 158 Å². The van der Waals surface area contributed by atoms with E-state index in [0.717, 1.165) is 26.2 Å². The number of nitrogens with one attached hydrogen (secondary N) is 1. The number of thiophene rings is 1. The van der Waals surface area contributed by atoms with Gasteiger partial charge in [-0.25, -0.2) is 8.42 Å². The van der Waals surface area contributed by atoms with Crippen LogP contribution in [0.1, 0.15) is 23.6 Å². The topological polar surface area (TPSA) is 62.1 Å². The molecule has 3 heterocycles. The molecule has 0 aliphatic carbocycles. The summed E-state index contributed by atoms with van der Waals surface area (Å²) in [4.78, 5) is 16.8. The highest BCUT2D eigenvalue weighted by Gasteiger charge is 2.35. The van der Waals surface area contributed by atoms with Crippen LogP contribution in [-0.2, 0) is 14.8 Å². The smallest absolute Gasteiger partial charge is 0.234 e. The standard InChI is InChI=1S/C16H25N3O3S3/c1-2-12-25(21,22)18-8-5-17(6-9-18)7-10-19-15(20)13-24-16(19)14-4-3-11-23-14/h3-4,11,16H,2,5-10,12-13H2,1H3/p+1/t16-/m0/s1. The predicted octanol–water partition coefficient (Wildman–Crippen LogP) is 0.262. The lowest BCUT2D eigenvalue weighted by atomic mass is 10.3. The molecule has 0 unspecified atom stereocenters. The normalized spacial score (nSPS) is 23.5. The third-order valence-electron chi connectivity index (χ3n) is 4.75. The largest absolute Gasteiger partial charge is 0.331 e. The van der Waals surface area contributed by atoms with E-state index in [2.05, 4.69) is 11.4 Å². The molecule has 1 aromatic rings. The first-order valence-electron chi connectivity index (χ1n) is 8.77. The average molecular weight is 405 g/mol. The number of nitrogens with zero attached hydrogens (tertiary/aromatic N) is 2. The number of quaternary nitrogens is 1. The monoisotopic (exact) mass is 404 g/mol. The summed E-state index contributed by atoms with van der Waals surface area (Å²) in [5.74, 6) is 1.01. The van der Waals surface area contributed by atoms with E-state index in [9.17, 15) is 13.2 Å². The van der Waals surface area contributed by atoms with Gasteiger partial charge in [0, 0.05) is 4.88 Å². The number of hydrogen-bond acceptors (Lipinski definition) is 5. The van der Waals surface area contributed by atoms with E-state index in [1.54, 1.807) is 27.4 Å². The first-order valence-corrected chi connectivity index (χ1v) is 12.3. The minimum atomic E-state index is -3.08. The fourth-order valence-corrected chi connectivity index (χ4v) is 7.07. The Bertz CT molecular complexity index is 670. The van der Waals surface area contributed by atoms with Crippen LogP contribution in [0.4, 0.5) is 0 Å². The van der Waals surface area contributed by atoms with Gasteiger partial charge >= 0.3 is 0 Å². The Morgan fingerprint density at radius 2 is 2.08 bits per heavy atom.